The highest BCUT2D eigenvalue weighted by Gasteiger charge is 2.18. The second-order valence-electron chi connectivity index (χ2n) is 6.12. The minimum absolute atomic E-state index is 0.413. The summed E-state index contributed by atoms with van der Waals surface area (Å²) in [6.45, 7) is 9.53. The average Bonchev–Trinajstić information content (AvgIpc) is 2.46. The Morgan fingerprint density at radius 1 is 0.708 bits per heavy atom. The molecule has 24 heavy (non-hydrogen) atoms. The standard InChI is InChI=1S/C19H21ClN2O2/c1-10-6-12(3)16(13(4)7-10)21-18(23)19(24)22-17-14(5)8-11(2)9-15(17)20/h6-9H,1-5H3,(H,21,23)(H,22,24). The van der Waals surface area contributed by atoms with Crippen LogP contribution in [-0.4, -0.2) is 11.8 Å². The van der Waals surface area contributed by atoms with Gasteiger partial charge in [0.25, 0.3) is 0 Å². The third-order valence-corrected chi connectivity index (χ3v) is 4.09. The fourth-order valence-corrected chi connectivity index (χ4v) is 3.16. The first-order valence-corrected chi connectivity index (χ1v) is 8.03. The summed E-state index contributed by atoms with van der Waals surface area (Å²) in [4.78, 5) is 24.4. The number of hydrogen-bond donors (Lipinski definition) is 2. The van der Waals surface area contributed by atoms with Crippen molar-refractivity contribution >= 4 is 34.8 Å². The van der Waals surface area contributed by atoms with Crippen LogP contribution in [0, 0.1) is 34.6 Å². The van der Waals surface area contributed by atoms with E-state index in [0.717, 1.165) is 27.8 Å². The fourth-order valence-electron chi connectivity index (χ4n) is 2.79. The van der Waals surface area contributed by atoms with Gasteiger partial charge in [0, 0.05) is 5.69 Å². The number of halogens is 1. The van der Waals surface area contributed by atoms with Crippen LogP contribution in [0.25, 0.3) is 0 Å². The number of amides is 2. The number of carbonyl (C=O) groups is 2. The van der Waals surface area contributed by atoms with Gasteiger partial charge in [0.2, 0.25) is 0 Å². The van der Waals surface area contributed by atoms with Gasteiger partial charge in [0.15, 0.2) is 0 Å². The molecule has 0 aliphatic heterocycles. The third-order valence-electron chi connectivity index (χ3n) is 3.79. The summed E-state index contributed by atoms with van der Waals surface area (Å²) in [6, 6.07) is 7.56. The molecule has 0 atom stereocenters. The highest BCUT2D eigenvalue weighted by Crippen LogP contribution is 2.27. The lowest BCUT2D eigenvalue weighted by molar-refractivity contribution is -0.133. The summed E-state index contributed by atoms with van der Waals surface area (Å²) >= 11 is 6.17. The van der Waals surface area contributed by atoms with Gasteiger partial charge in [-0.1, -0.05) is 35.4 Å². The molecule has 0 aliphatic rings. The Kier molecular flexibility index (Phi) is 5.30. The predicted octanol–water partition coefficient (Wildman–Crippen LogP) is 4.46. The van der Waals surface area contributed by atoms with E-state index in [0.29, 0.717) is 16.4 Å². The zero-order chi connectivity index (χ0) is 18.0. The molecular weight excluding hydrogens is 324 g/mol. The number of rotatable bonds is 2. The Hall–Kier alpha value is -2.33. The molecule has 2 aromatic carbocycles. The van der Waals surface area contributed by atoms with E-state index in [9.17, 15) is 9.59 Å². The molecule has 0 aliphatic carbocycles. The van der Waals surface area contributed by atoms with Crippen molar-refractivity contribution in [3.05, 3.63) is 57.1 Å². The van der Waals surface area contributed by atoms with Crippen LogP contribution in [0.5, 0.6) is 0 Å². The molecule has 0 aromatic heterocycles. The van der Waals surface area contributed by atoms with Gasteiger partial charge in [-0.05, 0) is 62.9 Å². The van der Waals surface area contributed by atoms with Crippen molar-refractivity contribution < 1.29 is 9.59 Å². The van der Waals surface area contributed by atoms with Gasteiger partial charge in [-0.3, -0.25) is 9.59 Å². The molecule has 2 aromatic rings. The Bertz CT molecular complexity index is 713. The normalized spacial score (nSPS) is 10.4. The topological polar surface area (TPSA) is 58.2 Å². The molecule has 0 saturated heterocycles. The van der Waals surface area contributed by atoms with Crippen molar-refractivity contribution in [2.24, 2.45) is 0 Å². The van der Waals surface area contributed by atoms with E-state index < -0.39 is 11.8 Å². The zero-order valence-electron chi connectivity index (χ0n) is 14.5. The Labute approximate surface area is 147 Å². The van der Waals surface area contributed by atoms with E-state index in [4.69, 9.17) is 11.6 Å². The molecule has 0 bridgehead atoms. The monoisotopic (exact) mass is 344 g/mol. The van der Waals surface area contributed by atoms with Gasteiger partial charge in [0.1, 0.15) is 0 Å². The van der Waals surface area contributed by atoms with Gasteiger partial charge in [0.05, 0.1) is 10.7 Å². The van der Waals surface area contributed by atoms with E-state index in [-0.39, 0.29) is 0 Å². The second kappa shape index (κ2) is 7.05. The molecule has 2 N–H and O–H groups in total. The highest BCUT2D eigenvalue weighted by molar-refractivity contribution is 6.45. The van der Waals surface area contributed by atoms with Crippen molar-refractivity contribution in [3.63, 3.8) is 0 Å². The van der Waals surface area contributed by atoms with Crippen molar-refractivity contribution in [1.29, 1.82) is 0 Å². The van der Waals surface area contributed by atoms with Gasteiger partial charge in [-0.2, -0.15) is 0 Å². The number of carbonyl (C=O) groups excluding carboxylic acids is 2. The van der Waals surface area contributed by atoms with Crippen molar-refractivity contribution in [1.82, 2.24) is 0 Å². The summed E-state index contributed by atoms with van der Waals surface area (Å²) in [5, 5.41) is 5.69. The third kappa shape index (κ3) is 3.95. The Balaban J connectivity index is 2.19. The molecule has 0 fully saturated rings. The Morgan fingerprint density at radius 2 is 1.08 bits per heavy atom. The van der Waals surface area contributed by atoms with Crippen molar-refractivity contribution in [2.75, 3.05) is 10.6 Å². The maximum Gasteiger partial charge on any atom is 0.314 e. The molecule has 4 nitrogen and oxygen atoms in total. The summed E-state index contributed by atoms with van der Waals surface area (Å²) in [6.07, 6.45) is 0. The van der Waals surface area contributed by atoms with Gasteiger partial charge in [-0.25, -0.2) is 0 Å². The number of benzene rings is 2. The molecule has 2 rings (SSSR count). The first-order chi connectivity index (χ1) is 11.2. The minimum Gasteiger partial charge on any atom is -0.317 e. The maximum absolute atomic E-state index is 12.2. The number of nitrogens with one attached hydrogen (secondary N) is 2. The average molecular weight is 345 g/mol. The van der Waals surface area contributed by atoms with Gasteiger partial charge in [-0.15, -0.1) is 0 Å². The van der Waals surface area contributed by atoms with Crippen LogP contribution in [0.1, 0.15) is 27.8 Å². The summed E-state index contributed by atoms with van der Waals surface area (Å²) in [7, 11) is 0. The highest BCUT2D eigenvalue weighted by atomic mass is 35.5. The number of aryl methyl sites for hydroxylation is 5. The van der Waals surface area contributed by atoms with E-state index in [2.05, 4.69) is 10.6 Å². The van der Waals surface area contributed by atoms with Crippen LogP contribution in [-0.2, 0) is 9.59 Å². The van der Waals surface area contributed by atoms with E-state index in [1.165, 1.54) is 0 Å². The lowest BCUT2D eigenvalue weighted by atomic mass is 10.1. The van der Waals surface area contributed by atoms with Crippen molar-refractivity contribution in [2.45, 2.75) is 34.6 Å². The van der Waals surface area contributed by atoms with Crippen LogP contribution >= 0.6 is 11.6 Å². The molecule has 2 amide bonds. The van der Waals surface area contributed by atoms with Crippen molar-refractivity contribution in [3.8, 4) is 0 Å². The van der Waals surface area contributed by atoms with Crippen LogP contribution in [0.3, 0.4) is 0 Å². The summed E-state index contributed by atoms with van der Waals surface area (Å²) in [5.41, 5.74) is 5.85. The minimum atomic E-state index is -0.747. The SMILES string of the molecule is Cc1cc(C)c(NC(=O)C(=O)Nc2c(C)cc(C)cc2Cl)c(C)c1. The lowest BCUT2D eigenvalue weighted by Gasteiger charge is -2.14. The van der Waals surface area contributed by atoms with Gasteiger partial charge < -0.3 is 10.6 Å². The van der Waals surface area contributed by atoms with Crippen LogP contribution in [0.15, 0.2) is 24.3 Å². The fraction of sp³-hybridized carbons (Fsp3) is 0.263. The smallest absolute Gasteiger partial charge is 0.314 e. The zero-order valence-corrected chi connectivity index (χ0v) is 15.3. The van der Waals surface area contributed by atoms with Crippen LogP contribution in [0.4, 0.5) is 11.4 Å². The number of hydrogen-bond acceptors (Lipinski definition) is 2. The molecular formula is C19H21ClN2O2. The summed E-state index contributed by atoms with van der Waals surface area (Å²) < 4.78 is 0. The van der Waals surface area contributed by atoms with Gasteiger partial charge >= 0.3 is 11.8 Å². The Morgan fingerprint density at radius 3 is 1.54 bits per heavy atom. The lowest BCUT2D eigenvalue weighted by Crippen LogP contribution is -2.30. The second-order valence-corrected chi connectivity index (χ2v) is 6.53. The quantitative estimate of drug-likeness (QED) is 0.790. The molecule has 126 valence electrons. The van der Waals surface area contributed by atoms with Crippen LogP contribution in [0.2, 0.25) is 5.02 Å². The molecule has 0 unspecified atom stereocenters. The maximum atomic E-state index is 12.2. The first-order valence-electron chi connectivity index (χ1n) is 7.66. The van der Waals surface area contributed by atoms with E-state index in [1.54, 1.807) is 6.07 Å². The molecule has 5 heteroatoms. The predicted molar refractivity (Wildman–Crippen MR) is 98.8 cm³/mol. The molecule has 0 radical (unpaired) electrons. The molecule has 0 heterocycles. The largest absolute Gasteiger partial charge is 0.317 e. The molecule has 0 saturated carbocycles. The molecule has 0 spiro atoms. The summed E-state index contributed by atoms with van der Waals surface area (Å²) in [5.74, 6) is -1.47. The number of anilines is 2. The first kappa shape index (κ1) is 18.0. The van der Waals surface area contributed by atoms with Crippen LogP contribution < -0.4 is 10.6 Å². The van der Waals surface area contributed by atoms with E-state index in [1.807, 2.05) is 52.8 Å². The van der Waals surface area contributed by atoms with E-state index >= 15 is 0 Å².